The molecule has 0 heterocycles. The highest BCUT2D eigenvalue weighted by atomic mass is 16.6. The second-order valence-corrected chi connectivity index (χ2v) is 5.31. The van der Waals surface area contributed by atoms with Crippen molar-refractivity contribution in [3.8, 4) is 0 Å². The normalized spacial score (nSPS) is 13.2. The fraction of sp³-hybridized carbons (Fsp3) is 0.556. The summed E-state index contributed by atoms with van der Waals surface area (Å²) in [7, 11) is 0. The van der Waals surface area contributed by atoms with E-state index in [4.69, 9.17) is 9.47 Å². The molecule has 0 saturated heterocycles. The molecule has 0 aliphatic rings. The van der Waals surface area contributed by atoms with Gasteiger partial charge in [0.05, 0.1) is 13.2 Å². The van der Waals surface area contributed by atoms with Gasteiger partial charge in [-0.1, -0.05) is 50.6 Å². The number of benzene rings is 1. The van der Waals surface area contributed by atoms with Crippen LogP contribution in [0.4, 0.5) is 0 Å². The molecule has 0 fully saturated rings. The molecule has 0 spiro atoms. The van der Waals surface area contributed by atoms with E-state index in [0.29, 0.717) is 19.4 Å². The molecule has 122 valence electrons. The Morgan fingerprint density at radius 2 is 1.64 bits per heavy atom. The molecule has 1 aromatic rings. The monoisotopic (exact) mass is 306 g/mol. The number of esters is 2. The van der Waals surface area contributed by atoms with Crippen molar-refractivity contribution in [3.05, 3.63) is 35.9 Å². The van der Waals surface area contributed by atoms with Crippen LogP contribution < -0.4 is 0 Å². The van der Waals surface area contributed by atoms with E-state index in [-0.39, 0.29) is 6.61 Å². The quantitative estimate of drug-likeness (QED) is 0.398. The number of unbranched alkanes of at least 4 members (excludes halogenated alkanes) is 1. The Balaban J connectivity index is 3.01. The Hall–Kier alpha value is -1.84. The summed E-state index contributed by atoms with van der Waals surface area (Å²) in [6.07, 6.45) is 2.38. The van der Waals surface area contributed by atoms with Gasteiger partial charge in [-0.3, -0.25) is 9.59 Å². The molecule has 1 rings (SSSR count). The van der Waals surface area contributed by atoms with Crippen LogP contribution in [0.3, 0.4) is 0 Å². The Morgan fingerprint density at radius 1 is 1.00 bits per heavy atom. The lowest BCUT2D eigenvalue weighted by molar-refractivity contribution is -0.172. The topological polar surface area (TPSA) is 52.6 Å². The van der Waals surface area contributed by atoms with Gasteiger partial charge in [0.25, 0.3) is 0 Å². The first-order valence-electron chi connectivity index (χ1n) is 7.99. The van der Waals surface area contributed by atoms with Crippen molar-refractivity contribution in [3.63, 3.8) is 0 Å². The molecule has 0 N–H and O–H groups in total. The van der Waals surface area contributed by atoms with Crippen LogP contribution in [-0.2, 0) is 25.5 Å². The highest BCUT2D eigenvalue weighted by Gasteiger charge is 2.47. The average Bonchev–Trinajstić information content (AvgIpc) is 2.54. The van der Waals surface area contributed by atoms with Crippen molar-refractivity contribution in [2.75, 3.05) is 13.2 Å². The van der Waals surface area contributed by atoms with E-state index in [1.54, 1.807) is 6.92 Å². The molecule has 1 aromatic carbocycles. The van der Waals surface area contributed by atoms with Crippen LogP contribution >= 0.6 is 0 Å². The Bertz CT molecular complexity index is 469. The lowest BCUT2D eigenvalue weighted by Gasteiger charge is -2.28. The first-order valence-corrected chi connectivity index (χ1v) is 7.99. The third-order valence-electron chi connectivity index (χ3n) is 3.74. The van der Waals surface area contributed by atoms with E-state index >= 15 is 0 Å². The average molecular weight is 306 g/mol. The second kappa shape index (κ2) is 9.23. The van der Waals surface area contributed by atoms with Crippen LogP contribution in [0.25, 0.3) is 0 Å². The molecular formula is C18H26O4. The summed E-state index contributed by atoms with van der Waals surface area (Å²) in [5.41, 5.74) is -0.338. The number of carbonyl (C=O) groups is 2. The summed E-state index contributed by atoms with van der Waals surface area (Å²) < 4.78 is 10.5. The van der Waals surface area contributed by atoms with E-state index in [1.807, 2.05) is 44.2 Å². The smallest absolute Gasteiger partial charge is 0.323 e. The van der Waals surface area contributed by atoms with Crippen LogP contribution in [0.5, 0.6) is 0 Å². The summed E-state index contributed by atoms with van der Waals surface area (Å²) in [5.74, 6) is -0.978. The zero-order valence-corrected chi connectivity index (χ0v) is 13.8. The van der Waals surface area contributed by atoms with Gasteiger partial charge in [-0.25, -0.2) is 0 Å². The summed E-state index contributed by atoms with van der Waals surface area (Å²) >= 11 is 0. The number of ether oxygens (including phenoxy) is 2. The molecule has 0 saturated carbocycles. The van der Waals surface area contributed by atoms with E-state index in [0.717, 1.165) is 18.4 Å². The fourth-order valence-corrected chi connectivity index (χ4v) is 2.30. The molecule has 4 nitrogen and oxygen atoms in total. The van der Waals surface area contributed by atoms with Crippen LogP contribution in [0, 0.1) is 5.41 Å². The number of carbonyl (C=O) groups excluding carboxylic acids is 2. The van der Waals surface area contributed by atoms with Crippen molar-refractivity contribution >= 4 is 11.9 Å². The first-order chi connectivity index (χ1) is 10.6. The molecule has 0 radical (unpaired) electrons. The minimum Gasteiger partial charge on any atom is -0.465 e. The van der Waals surface area contributed by atoms with Gasteiger partial charge < -0.3 is 9.47 Å². The van der Waals surface area contributed by atoms with Crippen molar-refractivity contribution in [2.45, 2.75) is 46.5 Å². The maximum Gasteiger partial charge on any atom is 0.323 e. The molecule has 22 heavy (non-hydrogen) atoms. The maximum absolute atomic E-state index is 12.6. The lowest BCUT2D eigenvalue weighted by atomic mass is 9.79. The SMILES string of the molecule is CCCCOC(=O)C(CC)(Cc1ccccc1)C(=O)OCC. The molecule has 0 aromatic heterocycles. The highest BCUT2D eigenvalue weighted by Crippen LogP contribution is 2.31. The fourth-order valence-electron chi connectivity index (χ4n) is 2.30. The standard InChI is InChI=1S/C18H26O4/c1-4-7-13-22-17(20)18(5-2,16(19)21-6-3)14-15-11-9-8-10-12-15/h8-12H,4-7,13-14H2,1-3H3. The number of hydrogen-bond donors (Lipinski definition) is 0. The Labute approximate surface area is 132 Å². The van der Waals surface area contributed by atoms with Crippen LogP contribution in [0.2, 0.25) is 0 Å². The Morgan fingerprint density at radius 3 is 2.18 bits per heavy atom. The summed E-state index contributed by atoms with van der Waals surface area (Å²) in [6.45, 7) is 6.17. The van der Waals surface area contributed by atoms with Gasteiger partial charge in [0.2, 0.25) is 0 Å². The van der Waals surface area contributed by atoms with Gasteiger partial charge in [0, 0.05) is 0 Å². The van der Waals surface area contributed by atoms with Crippen LogP contribution in [-0.4, -0.2) is 25.2 Å². The van der Waals surface area contributed by atoms with Crippen LogP contribution in [0.1, 0.15) is 45.6 Å². The number of rotatable bonds is 9. The largest absolute Gasteiger partial charge is 0.465 e. The summed E-state index contributed by atoms with van der Waals surface area (Å²) in [4.78, 5) is 25.0. The zero-order valence-electron chi connectivity index (χ0n) is 13.8. The lowest BCUT2D eigenvalue weighted by Crippen LogP contribution is -2.43. The molecule has 1 atom stereocenters. The Kier molecular flexibility index (Phi) is 7.64. The molecule has 0 aliphatic heterocycles. The molecule has 0 amide bonds. The van der Waals surface area contributed by atoms with Gasteiger partial charge in [-0.2, -0.15) is 0 Å². The molecule has 4 heteroatoms. The summed E-state index contributed by atoms with van der Waals surface area (Å²) in [6, 6.07) is 9.50. The minimum absolute atomic E-state index is 0.248. The van der Waals surface area contributed by atoms with Crippen molar-refractivity contribution in [1.29, 1.82) is 0 Å². The van der Waals surface area contributed by atoms with Gasteiger partial charge >= 0.3 is 11.9 Å². The number of hydrogen-bond acceptors (Lipinski definition) is 4. The third kappa shape index (κ3) is 4.58. The molecular weight excluding hydrogens is 280 g/mol. The highest BCUT2D eigenvalue weighted by molar-refractivity contribution is 6.00. The second-order valence-electron chi connectivity index (χ2n) is 5.31. The van der Waals surface area contributed by atoms with E-state index < -0.39 is 17.4 Å². The van der Waals surface area contributed by atoms with Gasteiger partial charge in [-0.05, 0) is 31.7 Å². The molecule has 0 aliphatic carbocycles. The van der Waals surface area contributed by atoms with E-state index in [1.165, 1.54) is 0 Å². The van der Waals surface area contributed by atoms with E-state index in [9.17, 15) is 9.59 Å². The minimum atomic E-state index is -1.26. The summed E-state index contributed by atoms with van der Waals surface area (Å²) in [5, 5.41) is 0. The predicted molar refractivity (Wildman–Crippen MR) is 85.4 cm³/mol. The van der Waals surface area contributed by atoms with Crippen molar-refractivity contribution < 1.29 is 19.1 Å². The first kappa shape index (κ1) is 18.2. The van der Waals surface area contributed by atoms with Gasteiger partial charge in [-0.15, -0.1) is 0 Å². The van der Waals surface area contributed by atoms with E-state index in [2.05, 4.69) is 0 Å². The molecule has 1 unspecified atom stereocenters. The van der Waals surface area contributed by atoms with Crippen LogP contribution in [0.15, 0.2) is 30.3 Å². The van der Waals surface area contributed by atoms with Gasteiger partial charge in [0.1, 0.15) is 0 Å². The van der Waals surface area contributed by atoms with Gasteiger partial charge in [0.15, 0.2) is 5.41 Å². The predicted octanol–water partition coefficient (Wildman–Crippen LogP) is 3.53. The van der Waals surface area contributed by atoms with Crippen molar-refractivity contribution in [2.24, 2.45) is 5.41 Å². The molecule has 0 bridgehead atoms. The van der Waals surface area contributed by atoms with Crippen molar-refractivity contribution in [1.82, 2.24) is 0 Å². The maximum atomic E-state index is 12.6. The third-order valence-corrected chi connectivity index (χ3v) is 3.74. The zero-order chi connectivity index (χ0) is 16.4.